The lowest BCUT2D eigenvalue weighted by Crippen LogP contribution is -2.37. The molecule has 3 nitrogen and oxygen atoms in total. The Bertz CT molecular complexity index is 330. The third-order valence-corrected chi connectivity index (χ3v) is 2.08. The first kappa shape index (κ1) is 12.6. The minimum Gasteiger partial charge on any atom is -0.395 e. The Balaban J connectivity index is 2.68. The van der Waals surface area contributed by atoms with Crippen molar-refractivity contribution in [2.45, 2.75) is 13.0 Å². The molecule has 0 spiro atoms. The maximum Gasteiger partial charge on any atom is 0.315 e. The summed E-state index contributed by atoms with van der Waals surface area (Å²) in [5, 5.41) is 8.71. The van der Waals surface area contributed by atoms with Crippen LogP contribution < -0.4 is 0 Å². The van der Waals surface area contributed by atoms with Gasteiger partial charge in [0, 0.05) is 13.1 Å². The van der Waals surface area contributed by atoms with Crippen LogP contribution in [-0.4, -0.2) is 35.5 Å². The fraction of sp³-hybridized carbons (Fsp3) is 0.364. The van der Waals surface area contributed by atoms with Crippen LogP contribution in [0.25, 0.3) is 0 Å². The Kier molecular flexibility index (Phi) is 4.85. The number of carbonyl (C=O) groups excluding carboxylic acids is 1. The molecule has 0 aliphatic heterocycles. The number of aliphatic hydroxyl groups is 1. The summed E-state index contributed by atoms with van der Waals surface area (Å²) in [6, 6.07) is 8.81. The fourth-order valence-corrected chi connectivity index (χ4v) is 1.33. The Morgan fingerprint density at radius 3 is 2.44 bits per heavy atom. The third kappa shape index (κ3) is 3.58. The highest BCUT2D eigenvalue weighted by Crippen LogP contribution is 2.07. The number of hydrogen-bond donors (Lipinski definition) is 1. The summed E-state index contributed by atoms with van der Waals surface area (Å²) in [6.45, 7) is -0.325. The molecule has 0 saturated carbocycles. The SMILES string of the molecule is O=C(C(F)F)N(CCO)Cc1ccccc1. The molecule has 0 heterocycles. The molecule has 0 saturated heterocycles. The van der Waals surface area contributed by atoms with Gasteiger partial charge >= 0.3 is 6.43 Å². The van der Waals surface area contributed by atoms with E-state index in [1.165, 1.54) is 0 Å². The fourth-order valence-electron chi connectivity index (χ4n) is 1.33. The zero-order chi connectivity index (χ0) is 12.0. The Morgan fingerprint density at radius 1 is 1.31 bits per heavy atom. The summed E-state index contributed by atoms with van der Waals surface area (Å²) in [4.78, 5) is 12.0. The molecule has 0 atom stereocenters. The van der Waals surface area contributed by atoms with Gasteiger partial charge in [-0.25, -0.2) is 0 Å². The van der Waals surface area contributed by atoms with Crippen molar-refractivity contribution in [3.05, 3.63) is 35.9 Å². The van der Waals surface area contributed by atoms with E-state index in [0.29, 0.717) is 0 Å². The van der Waals surface area contributed by atoms with Crippen molar-refractivity contribution in [3.8, 4) is 0 Å². The molecule has 5 heteroatoms. The van der Waals surface area contributed by atoms with Gasteiger partial charge in [-0.15, -0.1) is 0 Å². The standard InChI is InChI=1S/C11H13F2NO2/c12-10(13)11(16)14(6-7-15)8-9-4-2-1-3-5-9/h1-5,10,15H,6-8H2. The lowest BCUT2D eigenvalue weighted by atomic mass is 10.2. The van der Waals surface area contributed by atoms with Gasteiger partial charge in [-0.3, -0.25) is 4.79 Å². The van der Waals surface area contributed by atoms with Crippen LogP contribution in [-0.2, 0) is 11.3 Å². The maximum atomic E-state index is 12.2. The van der Waals surface area contributed by atoms with Crippen LogP contribution >= 0.6 is 0 Å². The van der Waals surface area contributed by atoms with Crippen LogP contribution in [0.2, 0.25) is 0 Å². The summed E-state index contributed by atoms with van der Waals surface area (Å²) in [7, 11) is 0. The largest absolute Gasteiger partial charge is 0.395 e. The highest BCUT2D eigenvalue weighted by atomic mass is 19.3. The topological polar surface area (TPSA) is 40.5 Å². The lowest BCUT2D eigenvalue weighted by molar-refractivity contribution is -0.144. The maximum absolute atomic E-state index is 12.2. The number of rotatable bonds is 5. The zero-order valence-electron chi connectivity index (χ0n) is 8.64. The molecule has 0 unspecified atom stereocenters. The molecule has 1 aromatic carbocycles. The number of halogens is 2. The molecule has 0 aliphatic rings. The van der Waals surface area contributed by atoms with E-state index in [4.69, 9.17) is 5.11 Å². The van der Waals surface area contributed by atoms with Crippen LogP contribution in [0, 0.1) is 0 Å². The Morgan fingerprint density at radius 2 is 1.94 bits per heavy atom. The molecule has 0 fully saturated rings. The molecular formula is C11H13F2NO2. The average Bonchev–Trinajstić information content (AvgIpc) is 2.29. The van der Waals surface area contributed by atoms with Gasteiger partial charge in [-0.1, -0.05) is 30.3 Å². The van der Waals surface area contributed by atoms with Crippen molar-refractivity contribution < 1.29 is 18.7 Å². The van der Waals surface area contributed by atoms with E-state index in [9.17, 15) is 13.6 Å². The molecular weight excluding hydrogens is 216 g/mol. The average molecular weight is 229 g/mol. The van der Waals surface area contributed by atoms with Crippen LogP contribution in [0.5, 0.6) is 0 Å². The van der Waals surface area contributed by atoms with Gasteiger partial charge in [-0.05, 0) is 5.56 Å². The molecule has 0 aromatic heterocycles. The quantitative estimate of drug-likeness (QED) is 0.826. The van der Waals surface area contributed by atoms with Crippen LogP contribution in [0.4, 0.5) is 8.78 Å². The van der Waals surface area contributed by atoms with Crippen molar-refractivity contribution in [1.82, 2.24) is 4.90 Å². The molecule has 88 valence electrons. The van der Waals surface area contributed by atoms with E-state index < -0.39 is 12.3 Å². The normalized spacial score (nSPS) is 10.5. The zero-order valence-corrected chi connectivity index (χ0v) is 8.64. The van der Waals surface area contributed by atoms with E-state index in [-0.39, 0.29) is 19.7 Å². The third-order valence-electron chi connectivity index (χ3n) is 2.08. The Hall–Kier alpha value is -1.49. The minimum atomic E-state index is -3.03. The highest BCUT2D eigenvalue weighted by Gasteiger charge is 2.22. The number of amides is 1. The summed E-state index contributed by atoms with van der Waals surface area (Å²) in [6.07, 6.45) is -3.03. The predicted molar refractivity (Wildman–Crippen MR) is 54.9 cm³/mol. The molecule has 1 rings (SSSR count). The predicted octanol–water partition coefficient (Wildman–Crippen LogP) is 1.27. The van der Waals surface area contributed by atoms with E-state index in [2.05, 4.69) is 0 Å². The van der Waals surface area contributed by atoms with Gasteiger partial charge < -0.3 is 10.0 Å². The number of hydrogen-bond acceptors (Lipinski definition) is 2. The van der Waals surface area contributed by atoms with E-state index in [0.717, 1.165) is 10.5 Å². The summed E-state index contributed by atoms with van der Waals surface area (Å²) in [5.41, 5.74) is 0.755. The van der Waals surface area contributed by atoms with Gasteiger partial charge in [-0.2, -0.15) is 8.78 Å². The van der Waals surface area contributed by atoms with E-state index in [1.54, 1.807) is 30.3 Å². The lowest BCUT2D eigenvalue weighted by Gasteiger charge is -2.21. The second-order valence-corrected chi connectivity index (χ2v) is 3.27. The van der Waals surface area contributed by atoms with Gasteiger partial charge in [0.15, 0.2) is 0 Å². The van der Waals surface area contributed by atoms with Gasteiger partial charge in [0.1, 0.15) is 0 Å². The number of carbonyl (C=O) groups is 1. The van der Waals surface area contributed by atoms with Gasteiger partial charge in [0.2, 0.25) is 0 Å². The van der Waals surface area contributed by atoms with Crippen LogP contribution in [0.3, 0.4) is 0 Å². The summed E-state index contributed by atoms with van der Waals surface area (Å²) < 4.78 is 24.5. The van der Waals surface area contributed by atoms with Crippen molar-refractivity contribution in [2.75, 3.05) is 13.2 Å². The van der Waals surface area contributed by atoms with Crippen LogP contribution in [0.1, 0.15) is 5.56 Å². The van der Waals surface area contributed by atoms with Crippen molar-refractivity contribution >= 4 is 5.91 Å². The molecule has 0 aliphatic carbocycles. The van der Waals surface area contributed by atoms with Crippen molar-refractivity contribution in [3.63, 3.8) is 0 Å². The second kappa shape index (κ2) is 6.17. The molecule has 0 radical (unpaired) electrons. The molecule has 1 N–H and O–H groups in total. The summed E-state index contributed by atoms with van der Waals surface area (Å²) >= 11 is 0. The smallest absolute Gasteiger partial charge is 0.315 e. The number of nitrogens with zero attached hydrogens (tertiary/aromatic N) is 1. The summed E-state index contributed by atoms with van der Waals surface area (Å²) in [5.74, 6) is -1.25. The Labute approximate surface area is 92.3 Å². The van der Waals surface area contributed by atoms with E-state index >= 15 is 0 Å². The molecule has 1 aromatic rings. The van der Waals surface area contributed by atoms with Gasteiger partial charge in [0.25, 0.3) is 5.91 Å². The first-order valence-electron chi connectivity index (χ1n) is 4.87. The molecule has 0 bridgehead atoms. The molecule has 1 amide bonds. The van der Waals surface area contributed by atoms with E-state index in [1.807, 2.05) is 0 Å². The van der Waals surface area contributed by atoms with Crippen molar-refractivity contribution in [1.29, 1.82) is 0 Å². The highest BCUT2D eigenvalue weighted by molar-refractivity contribution is 5.79. The monoisotopic (exact) mass is 229 g/mol. The second-order valence-electron chi connectivity index (χ2n) is 3.27. The van der Waals surface area contributed by atoms with Crippen molar-refractivity contribution in [2.24, 2.45) is 0 Å². The first-order chi connectivity index (χ1) is 7.65. The minimum absolute atomic E-state index is 0.0853. The number of aliphatic hydroxyl groups excluding tert-OH is 1. The molecule has 16 heavy (non-hydrogen) atoms. The number of benzene rings is 1. The van der Waals surface area contributed by atoms with Gasteiger partial charge in [0.05, 0.1) is 6.61 Å². The number of alkyl halides is 2. The first-order valence-corrected chi connectivity index (χ1v) is 4.87. The van der Waals surface area contributed by atoms with Crippen LogP contribution in [0.15, 0.2) is 30.3 Å².